The number of hydrogen-bond acceptors (Lipinski definition) is 2. The van der Waals surface area contributed by atoms with E-state index in [1.54, 1.807) is 0 Å². The van der Waals surface area contributed by atoms with E-state index in [-0.39, 0.29) is 74.4 Å². The van der Waals surface area contributed by atoms with Crippen molar-refractivity contribution < 1.29 is 84.3 Å². The second kappa shape index (κ2) is 9.70. The predicted octanol–water partition coefficient (Wildman–Crippen LogP) is -3.08. The number of carboxylic acids is 1. The van der Waals surface area contributed by atoms with Crippen LogP contribution in [0.5, 0.6) is 0 Å². The molecule has 0 rings (SSSR count). The first-order chi connectivity index (χ1) is 1.73. The van der Waals surface area contributed by atoms with Crippen LogP contribution in [0.25, 0.3) is 0 Å². The minimum atomic E-state index is -0.833. The molecule has 3 nitrogen and oxygen atoms in total. The van der Waals surface area contributed by atoms with E-state index in [4.69, 9.17) is 9.90 Å². The van der Waals surface area contributed by atoms with Crippen molar-refractivity contribution in [1.82, 2.24) is 0 Å². The quantitative estimate of drug-likeness (QED) is 0.461. The molecule has 0 atom stereocenters. The molecule has 6 heavy (non-hydrogen) atoms. The maximum atomic E-state index is 9.00. The summed E-state index contributed by atoms with van der Waals surface area (Å²) in [5, 5.41) is 7.42. The number of carbonyl (C=O) groups is 1. The normalized spacial score (nSPS) is 4.17. The van der Waals surface area contributed by atoms with Crippen molar-refractivity contribution in [3.05, 3.63) is 0 Å². The first-order valence-electron chi connectivity index (χ1n) is 0.928. The van der Waals surface area contributed by atoms with Crippen LogP contribution in [-0.4, -0.2) is 16.6 Å². The molecule has 0 aromatic heterocycles. The molecule has 2 N–H and O–H groups in total. The van der Waals surface area contributed by atoms with Gasteiger partial charge >= 0.3 is 68.9 Å². The van der Waals surface area contributed by atoms with Crippen molar-refractivity contribution >= 4 is 5.97 Å². The summed E-state index contributed by atoms with van der Waals surface area (Å²) < 4.78 is 0. The van der Waals surface area contributed by atoms with Crippen molar-refractivity contribution in [1.29, 1.82) is 0 Å². The van der Waals surface area contributed by atoms with Gasteiger partial charge in [0, 0.05) is 6.92 Å². The summed E-state index contributed by atoms with van der Waals surface area (Å²) >= 11 is 0. The van der Waals surface area contributed by atoms with Gasteiger partial charge in [0.2, 0.25) is 0 Å². The minimum Gasteiger partial charge on any atom is -0.870 e. The molecule has 4 heteroatoms. The second-order valence-corrected chi connectivity index (χ2v) is 0.519. The van der Waals surface area contributed by atoms with Crippen LogP contribution in [0.15, 0.2) is 0 Å². The van der Waals surface area contributed by atoms with Crippen LogP contribution < -0.4 is 68.9 Å². The van der Waals surface area contributed by atoms with Crippen LogP contribution in [0.2, 0.25) is 0 Å². The molecule has 0 radical (unpaired) electrons. The van der Waals surface area contributed by atoms with E-state index >= 15 is 0 Å². The summed E-state index contributed by atoms with van der Waals surface area (Å²) in [6.07, 6.45) is 0. The van der Waals surface area contributed by atoms with E-state index in [0.717, 1.165) is 6.92 Å². The van der Waals surface area contributed by atoms with Gasteiger partial charge in [0.15, 0.2) is 0 Å². The number of hydrogen-bond donors (Lipinski definition) is 1. The Hall–Kier alpha value is 1.48. The van der Waals surface area contributed by atoms with Crippen molar-refractivity contribution in [2.45, 2.75) is 6.92 Å². The van der Waals surface area contributed by atoms with Gasteiger partial charge in [0.25, 0.3) is 5.97 Å². The van der Waals surface area contributed by atoms with Gasteiger partial charge in [0.1, 0.15) is 0 Å². The summed E-state index contributed by atoms with van der Waals surface area (Å²) in [5.41, 5.74) is 0. The predicted molar refractivity (Wildman–Crippen MR) is 15.2 cm³/mol. The van der Waals surface area contributed by atoms with Crippen LogP contribution >= 0.6 is 0 Å². The zero-order valence-electron chi connectivity index (χ0n) is 3.80. The van der Waals surface area contributed by atoms with E-state index in [1.807, 2.05) is 0 Å². The summed E-state index contributed by atoms with van der Waals surface area (Å²) in [5.74, 6) is -0.833. The third kappa shape index (κ3) is 50.1. The fourth-order valence-electron chi connectivity index (χ4n) is 0. The van der Waals surface area contributed by atoms with Gasteiger partial charge in [-0.15, -0.1) is 0 Å². The van der Waals surface area contributed by atoms with Gasteiger partial charge < -0.3 is 10.6 Å². The van der Waals surface area contributed by atoms with Crippen molar-refractivity contribution in [3.8, 4) is 0 Å². The van der Waals surface area contributed by atoms with Crippen molar-refractivity contribution in [2.24, 2.45) is 0 Å². The molecule has 0 bridgehead atoms. The average molecular weight is 210 g/mol. The zero-order chi connectivity index (χ0) is 3.58. The molecule has 0 aliphatic rings. The second-order valence-electron chi connectivity index (χ2n) is 0.519. The third-order valence-corrected chi connectivity index (χ3v) is 0. The fourth-order valence-corrected chi connectivity index (χ4v) is 0. The van der Waals surface area contributed by atoms with Gasteiger partial charge in [-0.3, -0.25) is 4.79 Å². The van der Waals surface area contributed by atoms with Crippen molar-refractivity contribution in [3.63, 3.8) is 0 Å². The van der Waals surface area contributed by atoms with Crippen LogP contribution in [0.4, 0.5) is 0 Å². The molecule has 0 aromatic rings. The largest absolute Gasteiger partial charge is 1.00 e. The molecule has 0 aliphatic heterocycles. The molecule has 0 spiro atoms. The SMILES string of the molecule is CC(=O)O.[Cs+].[OH-]. The third-order valence-electron chi connectivity index (χ3n) is 0. The molecule has 0 amide bonds. The molecule has 32 valence electrons. The number of rotatable bonds is 0. The molecule has 0 aliphatic carbocycles. The number of carboxylic acid groups (broad SMARTS) is 1. The molecule has 0 heterocycles. The van der Waals surface area contributed by atoms with Crippen LogP contribution in [0.3, 0.4) is 0 Å². The minimum absolute atomic E-state index is 0. The summed E-state index contributed by atoms with van der Waals surface area (Å²) in [7, 11) is 0. The molecule has 0 saturated carbocycles. The molecule has 0 saturated heterocycles. The Morgan fingerprint density at radius 1 is 1.67 bits per heavy atom. The Labute approximate surface area is 94.8 Å². The molecule has 0 aromatic carbocycles. The van der Waals surface area contributed by atoms with E-state index < -0.39 is 5.97 Å². The topological polar surface area (TPSA) is 67.3 Å². The van der Waals surface area contributed by atoms with E-state index in [0.29, 0.717) is 0 Å². The maximum Gasteiger partial charge on any atom is 1.00 e. The standard InChI is InChI=1S/C2H4O2.Cs.H2O/c1-2(3)4;;/h1H3,(H,3,4);;1H2/q;+1;/p-1. The Kier molecular flexibility index (Phi) is 25.3. The summed E-state index contributed by atoms with van der Waals surface area (Å²) in [6, 6.07) is 0. The van der Waals surface area contributed by atoms with Crippen LogP contribution in [0, 0.1) is 0 Å². The molecule has 0 unspecified atom stereocenters. The summed E-state index contributed by atoms with van der Waals surface area (Å²) in [4.78, 5) is 9.00. The van der Waals surface area contributed by atoms with Crippen LogP contribution in [-0.2, 0) is 4.79 Å². The first kappa shape index (κ1) is 15.6. The average Bonchev–Trinajstić information content (AvgIpc) is 0.811. The Morgan fingerprint density at radius 2 is 1.67 bits per heavy atom. The zero-order valence-corrected chi connectivity index (χ0v) is 10.1. The fraction of sp³-hybridized carbons (Fsp3) is 0.500. The van der Waals surface area contributed by atoms with Crippen LogP contribution in [0.1, 0.15) is 6.92 Å². The van der Waals surface area contributed by atoms with Gasteiger partial charge in [0.05, 0.1) is 0 Å². The van der Waals surface area contributed by atoms with E-state index in [1.165, 1.54) is 0 Å². The first-order valence-corrected chi connectivity index (χ1v) is 0.928. The molecular weight excluding hydrogens is 205 g/mol. The monoisotopic (exact) mass is 210 g/mol. The Bertz CT molecular complexity index is 31.8. The van der Waals surface area contributed by atoms with Gasteiger partial charge in [-0.1, -0.05) is 0 Å². The van der Waals surface area contributed by atoms with Gasteiger partial charge in [-0.05, 0) is 0 Å². The van der Waals surface area contributed by atoms with E-state index in [2.05, 4.69) is 0 Å². The smallest absolute Gasteiger partial charge is 0.870 e. The molecule has 0 fully saturated rings. The van der Waals surface area contributed by atoms with Gasteiger partial charge in [-0.25, -0.2) is 0 Å². The molecular formula is C2H5CsO3. The Morgan fingerprint density at radius 3 is 1.67 bits per heavy atom. The number of aliphatic carboxylic acids is 1. The maximum absolute atomic E-state index is 9.00. The summed E-state index contributed by atoms with van der Waals surface area (Å²) in [6.45, 7) is 1.08. The Balaban J connectivity index is -0.0000000450. The van der Waals surface area contributed by atoms with Crippen molar-refractivity contribution in [2.75, 3.05) is 0 Å². The van der Waals surface area contributed by atoms with E-state index in [9.17, 15) is 0 Å². The van der Waals surface area contributed by atoms with Gasteiger partial charge in [-0.2, -0.15) is 0 Å².